The third-order valence-electron chi connectivity index (χ3n) is 5.03. The van der Waals surface area contributed by atoms with Gasteiger partial charge in [-0.3, -0.25) is 4.79 Å². The maximum Gasteiger partial charge on any atom is 0.276 e. The SMILES string of the molecule is COc1ccccc1[C@@H]1CCCN1C(=O)c1cn(Cc2ccc(Cl)cc2)nn1. The van der Waals surface area contributed by atoms with Crippen LogP contribution in [0.4, 0.5) is 0 Å². The number of rotatable bonds is 5. The van der Waals surface area contributed by atoms with Gasteiger partial charge in [0.05, 0.1) is 25.9 Å². The van der Waals surface area contributed by atoms with Gasteiger partial charge < -0.3 is 9.64 Å². The highest BCUT2D eigenvalue weighted by Crippen LogP contribution is 2.37. The average molecular weight is 397 g/mol. The van der Waals surface area contributed by atoms with E-state index in [-0.39, 0.29) is 11.9 Å². The molecule has 0 bridgehead atoms. The summed E-state index contributed by atoms with van der Waals surface area (Å²) in [6.45, 7) is 1.24. The quantitative estimate of drug-likeness (QED) is 0.654. The number of likely N-dealkylation sites (tertiary alicyclic amines) is 1. The minimum atomic E-state index is -0.101. The Labute approximate surface area is 168 Å². The first-order valence-corrected chi connectivity index (χ1v) is 9.62. The summed E-state index contributed by atoms with van der Waals surface area (Å²) in [6, 6.07) is 15.4. The minimum Gasteiger partial charge on any atom is -0.496 e. The zero-order chi connectivity index (χ0) is 19.5. The van der Waals surface area contributed by atoms with Crippen LogP contribution in [0.5, 0.6) is 5.75 Å². The maximum absolute atomic E-state index is 13.1. The summed E-state index contributed by atoms with van der Waals surface area (Å²) in [6.07, 6.45) is 3.56. The predicted molar refractivity (Wildman–Crippen MR) is 107 cm³/mol. The molecule has 0 aliphatic carbocycles. The second-order valence-corrected chi connectivity index (χ2v) is 7.26. The second-order valence-electron chi connectivity index (χ2n) is 6.83. The smallest absolute Gasteiger partial charge is 0.276 e. The van der Waals surface area contributed by atoms with Gasteiger partial charge in [-0.05, 0) is 36.6 Å². The lowest BCUT2D eigenvalue weighted by Crippen LogP contribution is -2.31. The fraction of sp³-hybridized carbons (Fsp3) is 0.286. The van der Waals surface area contributed by atoms with Gasteiger partial charge in [0.2, 0.25) is 0 Å². The molecule has 1 aromatic heterocycles. The van der Waals surface area contributed by atoms with Gasteiger partial charge in [0, 0.05) is 17.1 Å². The third kappa shape index (κ3) is 3.73. The van der Waals surface area contributed by atoms with Crippen LogP contribution in [0.25, 0.3) is 0 Å². The minimum absolute atomic E-state index is 0.00920. The van der Waals surface area contributed by atoms with Crippen molar-refractivity contribution in [3.05, 3.63) is 76.6 Å². The molecular weight excluding hydrogens is 376 g/mol. The molecule has 0 saturated carbocycles. The first kappa shape index (κ1) is 18.5. The molecule has 1 atom stereocenters. The summed E-state index contributed by atoms with van der Waals surface area (Å²) in [5.41, 5.74) is 2.43. The van der Waals surface area contributed by atoms with Crippen LogP contribution in [-0.2, 0) is 6.54 Å². The zero-order valence-electron chi connectivity index (χ0n) is 15.6. The van der Waals surface area contributed by atoms with E-state index in [1.165, 1.54) is 0 Å². The summed E-state index contributed by atoms with van der Waals surface area (Å²) in [5.74, 6) is 0.703. The van der Waals surface area contributed by atoms with E-state index in [0.29, 0.717) is 23.8 Å². The predicted octanol–water partition coefficient (Wildman–Crippen LogP) is 3.97. The normalized spacial score (nSPS) is 16.4. The van der Waals surface area contributed by atoms with Gasteiger partial charge in [0.15, 0.2) is 5.69 Å². The van der Waals surface area contributed by atoms with Crippen molar-refractivity contribution in [1.82, 2.24) is 19.9 Å². The number of benzene rings is 2. The van der Waals surface area contributed by atoms with Gasteiger partial charge in [-0.25, -0.2) is 4.68 Å². The van der Waals surface area contributed by atoms with Crippen molar-refractivity contribution in [2.75, 3.05) is 13.7 Å². The van der Waals surface area contributed by atoms with Crippen LogP contribution in [0.2, 0.25) is 5.02 Å². The highest BCUT2D eigenvalue weighted by atomic mass is 35.5. The third-order valence-corrected chi connectivity index (χ3v) is 5.28. The van der Waals surface area contributed by atoms with Crippen molar-refractivity contribution in [2.24, 2.45) is 0 Å². The fourth-order valence-electron chi connectivity index (χ4n) is 3.67. The van der Waals surface area contributed by atoms with Gasteiger partial charge in [-0.2, -0.15) is 0 Å². The zero-order valence-corrected chi connectivity index (χ0v) is 16.3. The van der Waals surface area contributed by atoms with E-state index >= 15 is 0 Å². The number of carbonyl (C=O) groups is 1. The van der Waals surface area contributed by atoms with Crippen LogP contribution >= 0.6 is 11.6 Å². The van der Waals surface area contributed by atoms with Gasteiger partial charge >= 0.3 is 0 Å². The standard InChI is InChI=1S/C21H21ClN4O2/c1-28-20-7-3-2-5-17(20)19-6-4-12-26(19)21(27)18-14-25(24-23-18)13-15-8-10-16(22)11-9-15/h2-3,5,7-11,14,19H,4,6,12-13H2,1H3/t19-/m0/s1. The van der Waals surface area contributed by atoms with Crippen molar-refractivity contribution >= 4 is 17.5 Å². The molecule has 3 aromatic rings. The van der Waals surface area contributed by atoms with Crippen LogP contribution in [0.15, 0.2) is 54.7 Å². The number of carbonyl (C=O) groups excluding carboxylic acids is 1. The monoisotopic (exact) mass is 396 g/mol. The Balaban J connectivity index is 1.52. The van der Waals surface area contributed by atoms with Crippen LogP contribution < -0.4 is 4.74 Å². The number of para-hydroxylation sites is 1. The van der Waals surface area contributed by atoms with Crippen LogP contribution in [-0.4, -0.2) is 39.5 Å². The molecule has 2 aromatic carbocycles. The number of hydrogen-bond acceptors (Lipinski definition) is 4. The Hall–Kier alpha value is -2.86. The first-order valence-electron chi connectivity index (χ1n) is 9.24. The molecule has 0 unspecified atom stereocenters. The summed E-state index contributed by atoms with van der Waals surface area (Å²) in [4.78, 5) is 15.0. The highest BCUT2D eigenvalue weighted by Gasteiger charge is 2.33. The number of hydrogen-bond donors (Lipinski definition) is 0. The summed E-state index contributed by atoms with van der Waals surface area (Å²) in [5, 5.41) is 8.92. The Morgan fingerprint density at radius 3 is 2.79 bits per heavy atom. The molecule has 28 heavy (non-hydrogen) atoms. The van der Waals surface area contributed by atoms with Crippen molar-refractivity contribution in [3.8, 4) is 5.75 Å². The van der Waals surface area contributed by atoms with Crippen molar-refractivity contribution in [3.63, 3.8) is 0 Å². The van der Waals surface area contributed by atoms with Gasteiger partial charge in [-0.15, -0.1) is 5.10 Å². The van der Waals surface area contributed by atoms with E-state index in [1.807, 2.05) is 53.4 Å². The molecule has 1 saturated heterocycles. The Morgan fingerprint density at radius 2 is 2.00 bits per heavy atom. The van der Waals surface area contributed by atoms with Crippen molar-refractivity contribution < 1.29 is 9.53 Å². The van der Waals surface area contributed by atoms with Crippen molar-refractivity contribution in [2.45, 2.75) is 25.4 Å². The molecule has 1 aliphatic heterocycles. The molecule has 6 nitrogen and oxygen atoms in total. The van der Waals surface area contributed by atoms with Gasteiger partial charge in [0.1, 0.15) is 5.75 Å². The topological polar surface area (TPSA) is 60.2 Å². The van der Waals surface area contributed by atoms with E-state index in [9.17, 15) is 4.79 Å². The van der Waals surface area contributed by atoms with E-state index in [1.54, 1.807) is 18.0 Å². The van der Waals surface area contributed by atoms with Gasteiger partial charge in [0.25, 0.3) is 5.91 Å². The number of ether oxygens (including phenoxy) is 1. The summed E-state index contributed by atoms with van der Waals surface area (Å²) in [7, 11) is 1.66. The van der Waals surface area contributed by atoms with E-state index in [2.05, 4.69) is 10.3 Å². The fourth-order valence-corrected chi connectivity index (χ4v) is 3.80. The summed E-state index contributed by atoms with van der Waals surface area (Å²) >= 11 is 5.92. The molecule has 1 fully saturated rings. The Morgan fingerprint density at radius 1 is 1.21 bits per heavy atom. The summed E-state index contributed by atoms with van der Waals surface area (Å²) < 4.78 is 7.16. The molecule has 1 aliphatic rings. The average Bonchev–Trinajstić information content (AvgIpc) is 3.39. The van der Waals surface area contributed by atoms with E-state index in [0.717, 1.165) is 29.7 Å². The number of amides is 1. The lowest BCUT2D eigenvalue weighted by Gasteiger charge is -2.25. The Bertz CT molecular complexity index is 971. The molecule has 1 amide bonds. The number of methoxy groups -OCH3 is 1. The lowest BCUT2D eigenvalue weighted by molar-refractivity contribution is 0.0728. The van der Waals surface area contributed by atoms with Crippen LogP contribution in [0, 0.1) is 0 Å². The molecular formula is C21H21ClN4O2. The Kier molecular flexibility index (Phi) is 5.30. The van der Waals surface area contributed by atoms with Crippen molar-refractivity contribution in [1.29, 1.82) is 0 Å². The molecule has 7 heteroatoms. The molecule has 0 radical (unpaired) electrons. The second kappa shape index (κ2) is 8.02. The molecule has 4 rings (SSSR count). The lowest BCUT2D eigenvalue weighted by atomic mass is 10.0. The number of halogens is 1. The van der Waals surface area contributed by atoms with Gasteiger partial charge in [-0.1, -0.05) is 47.1 Å². The first-order chi connectivity index (χ1) is 13.7. The molecule has 2 heterocycles. The highest BCUT2D eigenvalue weighted by molar-refractivity contribution is 6.30. The van der Waals surface area contributed by atoms with Crippen LogP contribution in [0.1, 0.15) is 40.5 Å². The van der Waals surface area contributed by atoms with E-state index < -0.39 is 0 Å². The molecule has 0 spiro atoms. The maximum atomic E-state index is 13.1. The molecule has 144 valence electrons. The largest absolute Gasteiger partial charge is 0.496 e. The number of nitrogens with zero attached hydrogens (tertiary/aromatic N) is 4. The molecule has 0 N–H and O–H groups in total. The van der Waals surface area contributed by atoms with E-state index in [4.69, 9.17) is 16.3 Å². The van der Waals surface area contributed by atoms with Crippen LogP contribution in [0.3, 0.4) is 0 Å². The number of aromatic nitrogens is 3.